The summed E-state index contributed by atoms with van der Waals surface area (Å²) in [6.07, 6.45) is 2.16. The van der Waals surface area contributed by atoms with Gasteiger partial charge in [-0.2, -0.15) is 0 Å². The maximum Gasteiger partial charge on any atom is 1.00 e. The number of nitrogens with zero attached hydrogens (tertiary/aromatic N) is 3. The Morgan fingerprint density at radius 2 is 1.67 bits per heavy atom. The summed E-state index contributed by atoms with van der Waals surface area (Å²) in [4.78, 5) is 30.9. The molecule has 0 bridgehead atoms. The van der Waals surface area contributed by atoms with Crippen LogP contribution >= 0.6 is 22.9 Å². The number of halogens is 1. The summed E-state index contributed by atoms with van der Waals surface area (Å²) in [6.45, 7) is 2.04. The van der Waals surface area contributed by atoms with Crippen molar-refractivity contribution in [2.75, 3.05) is 0 Å². The minimum atomic E-state index is -0.302. The van der Waals surface area contributed by atoms with Gasteiger partial charge in [0.05, 0.1) is 11.4 Å². The van der Waals surface area contributed by atoms with Gasteiger partial charge in [0, 0.05) is 16.0 Å². The Labute approximate surface area is 205 Å². The Kier molecular flexibility index (Phi) is 7.60. The first-order valence-corrected chi connectivity index (χ1v) is 10.7. The summed E-state index contributed by atoms with van der Waals surface area (Å²) < 4.78 is 2.82. The van der Waals surface area contributed by atoms with Gasteiger partial charge >= 0.3 is 29.6 Å². The molecule has 0 amide bonds. The van der Waals surface area contributed by atoms with Gasteiger partial charge in [0.2, 0.25) is 5.13 Å². The number of unbranched alkanes of at least 4 members (excludes halogenated alkanes) is 1. The predicted octanol–water partition coefficient (Wildman–Crippen LogP) is 1.83. The van der Waals surface area contributed by atoms with E-state index in [2.05, 4.69) is 4.98 Å². The Morgan fingerprint density at radius 1 is 1.00 bits per heavy atom. The summed E-state index contributed by atoms with van der Waals surface area (Å²) in [6, 6.07) is 16.5. The maximum atomic E-state index is 13.2. The molecular weight excluding hydrogens is 429 g/mol. The van der Waals surface area contributed by atoms with Crippen molar-refractivity contribution in [3.63, 3.8) is 0 Å². The van der Waals surface area contributed by atoms with E-state index in [-0.39, 0.29) is 40.7 Å². The Balaban J connectivity index is 0.00000256. The van der Waals surface area contributed by atoms with Crippen molar-refractivity contribution >= 4 is 22.9 Å². The number of para-hydroxylation sites is 1. The Bertz CT molecular complexity index is 1240. The topological polar surface area (TPSA) is 56.9 Å². The van der Waals surface area contributed by atoms with Crippen molar-refractivity contribution in [2.24, 2.45) is 0 Å². The van der Waals surface area contributed by atoms with Crippen LogP contribution in [-0.2, 0) is 6.42 Å². The molecule has 0 aliphatic rings. The van der Waals surface area contributed by atoms with E-state index in [1.54, 1.807) is 12.1 Å². The van der Waals surface area contributed by atoms with Crippen LogP contribution in [0.3, 0.4) is 0 Å². The number of hydrogen-bond acceptors (Lipinski definition) is 4. The van der Waals surface area contributed by atoms with Gasteiger partial charge < -0.3 is 9.59 Å². The van der Waals surface area contributed by atoms with Gasteiger partial charge in [-0.05, 0) is 24.3 Å². The van der Waals surface area contributed by atoms with Gasteiger partial charge in [-0.15, -0.1) is 17.8 Å². The van der Waals surface area contributed by atoms with Crippen LogP contribution in [0.15, 0.2) is 69.6 Å². The Hall–Kier alpha value is -1.83. The zero-order valence-corrected chi connectivity index (χ0v) is 20.4. The standard InChI is InChI=1S/C22H19ClN3O2S.Na/c1-2-3-9-18-20(27)25(17-7-5-4-6-8-17)26(21(18)28)22-24-19(14-29-22)15-10-12-16(23)13-11-15;/h4-8,10-14H,2-3,9H2,1H3;/q-1;+1. The van der Waals surface area contributed by atoms with E-state index in [4.69, 9.17) is 11.6 Å². The van der Waals surface area contributed by atoms with Crippen molar-refractivity contribution in [3.8, 4) is 22.1 Å². The van der Waals surface area contributed by atoms with Crippen LogP contribution in [0, 0.1) is 0 Å². The fourth-order valence-electron chi connectivity index (χ4n) is 3.19. The van der Waals surface area contributed by atoms with Crippen LogP contribution in [0.2, 0.25) is 5.02 Å². The van der Waals surface area contributed by atoms with Crippen LogP contribution in [0.25, 0.3) is 22.1 Å². The molecule has 2 aromatic heterocycles. The largest absolute Gasteiger partial charge is 1.00 e. The molecule has 0 aliphatic heterocycles. The number of thiazole rings is 1. The second-order valence-corrected chi connectivity index (χ2v) is 7.95. The summed E-state index contributed by atoms with van der Waals surface area (Å²) in [7, 11) is 0. The molecule has 5 nitrogen and oxygen atoms in total. The molecular formula is C22H19ClN3NaO2S. The molecule has 0 atom stereocenters. The zero-order valence-electron chi connectivity index (χ0n) is 16.8. The number of hydrogen-bond donors (Lipinski definition) is 0. The average Bonchev–Trinajstić information content (AvgIpc) is 3.31. The SMILES string of the molecule is CCCC[c-]1c(=O)n(-c2ccccc2)n(-c2nc(-c3ccc(Cl)cc3)cs2)c1=O.[Na+]. The number of aromatic nitrogens is 3. The molecule has 0 radical (unpaired) electrons. The fourth-order valence-corrected chi connectivity index (χ4v) is 4.13. The quantitative estimate of drug-likeness (QED) is 0.335. The van der Waals surface area contributed by atoms with E-state index in [0.29, 0.717) is 27.8 Å². The molecule has 8 heteroatoms. The summed E-state index contributed by atoms with van der Waals surface area (Å²) >= 11 is 7.30. The van der Waals surface area contributed by atoms with Crippen LogP contribution in [0.4, 0.5) is 0 Å². The van der Waals surface area contributed by atoms with E-state index in [9.17, 15) is 9.59 Å². The van der Waals surface area contributed by atoms with Crippen molar-refractivity contribution < 1.29 is 29.6 Å². The van der Waals surface area contributed by atoms with Crippen molar-refractivity contribution in [3.05, 3.63) is 91.3 Å². The second kappa shape index (κ2) is 9.98. The first-order chi connectivity index (χ1) is 14.1. The van der Waals surface area contributed by atoms with Crippen molar-refractivity contribution in [2.45, 2.75) is 26.2 Å². The molecule has 30 heavy (non-hydrogen) atoms. The summed E-state index contributed by atoms with van der Waals surface area (Å²) in [5.41, 5.74) is 2.00. The molecule has 0 unspecified atom stereocenters. The average molecular weight is 448 g/mol. The smallest absolute Gasteiger partial charge is 0.308 e. The predicted molar refractivity (Wildman–Crippen MR) is 118 cm³/mol. The van der Waals surface area contributed by atoms with Crippen molar-refractivity contribution in [1.82, 2.24) is 14.3 Å². The third-order valence-corrected chi connectivity index (χ3v) is 5.76. The molecule has 0 fully saturated rings. The minimum absolute atomic E-state index is 0. The molecule has 0 spiro atoms. The molecule has 0 N–H and O–H groups in total. The maximum absolute atomic E-state index is 13.2. The molecule has 4 aromatic rings. The second-order valence-electron chi connectivity index (χ2n) is 6.67. The molecule has 0 aliphatic carbocycles. The number of benzene rings is 2. The molecule has 4 rings (SSSR count). The van der Waals surface area contributed by atoms with E-state index < -0.39 is 0 Å². The van der Waals surface area contributed by atoms with E-state index >= 15 is 0 Å². The van der Waals surface area contributed by atoms with Gasteiger partial charge in [0.25, 0.3) is 0 Å². The monoisotopic (exact) mass is 447 g/mol. The normalized spacial score (nSPS) is 10.7. The van der Waals surface area contributed by atoms with E-state index in [1.807, 2.05) is 54.8 Å². The minimum Gasteiger partial charge on any atom is -0.308 e. The first-order valence-electron chi connectivity index (χ1n) is 9.41. The summed E-state index contributed by atoms with van der Waals surface area (Å²) in [5.74, 6) is 0. The zero-order chi connectivity index (χ0) is 20.4. The van der Waals surface area contributed by atoms with Crippen molar-refractivity contribution in [1.29, 1.82) is 0 Å². The summed E-state index contributed by atoms with van der Waals surface area (Å²) in [5, 5.41) is 2.99. The van der Waals surface area contributed by atoms with Crippen LogP contribution in [0.5, 0.6) is 0 Å². The fraction of sp³-hybridized carbons (Fsp3) is 0.182. The third kappa shape index (κ3) is 4.43. The van der Waals surface area contributed by atoms with Gasteiger partial charge in [-0.25, -0.2) is 19.9 Å². The third-order valence-electron chi connectivity index (χ3n) is 4.70. The van der Waals surface area contributed by atoms with Gasteiger partial charge in [0.1, 0.15) is 11.1 Å². The molecule has 0 saturated heterocycles. The Morgan fingerprint density at radius 3 is 2.33 bits per heavy atom. The first kappa shape index (κ1) is 22.8. The van der Waals surface area contributed by atoms with Gasteiger partial charge in [0.15, 0.2) is 0 Å². The van der Waals surface area contributed by atoms with E-state index in [1.165, 1.54) is 20.7 Å². The van der Waals surface area contributed by atoms with Crippen LogP contribution in [0.1, 0.15) is 25.3 Å². The molecule has 0 saturated carbocycles. The molecule has 2 aromatic carbocycles. The molecule has 2 heterocycles. The van der Waals surface area contributed by atoms with E-state index in [0.717, 1.165) is 24.1 Å². The van der Waals surface area contributed by atoms with Gasteiger partial charge in [-0.1, -0.05) is 61.7 Å². The van der Waals surface area contributed by atoms with Crippen LogP contribution in [-0.4, -0.2) is 14.3 Å². The molecule has 148 valence electrons. The van der Waals surface area contributed by atoms with Crippen LogP contribution < -0.4 is 40.7 Å². The number of rotatable bonds is 6. The van der Waals surface area contributed by atoms with Gasteiger partial charge in [-0.3, -0.25) is 0 Å².